The first-order valence-electron chi connectivity index (χ1n) is 6.59. The van der Waals surface area contributed by atoms with Crippen molar-refractivity contribution in [2.75, 3.05) is 18.4 Å². The van der Waals surface area contributed by atoms with E-state index in [-0.39, 0.29) is 18.3 Å². The van der Waals surface area contributed by atoms with Gasteiger partial charge in [-0.05, 0) is 52.8 Å². The van der Waals surface area contributed by atoms with Crippen LogP contribution in [0, 0.1) is 5.82 Å². The second-order valence-electron chi connectivity index (χ2n) is 4.57. The highest BCUT2D eigenvalue weighted by atomic mass is 79.9. The summed E-state index contributed by atoms with van der Waals surface area (Å²) < 4.78 is 14.2. The topological polar surface area (TPSA) is 32.3 Å². The van der Waals surface area contributed by atoms with E-state index in [4.69, 9.17) is 0 Å². The van der Waals surface area contributed by atoms with Crippen LogP contribution in [0.3, 0.4) is 0 Å². The molecule has 6 heteroatoms. The smallest absolute Gasteiger partial charge is 0.238 e. The predicted molar refractivity (Wildman–Crippen MR) is 88.0 cm³/mol. The van der Waals surface area contributed by atoms with Gasteiger partial charge in [-0.2, -0.15) is 0 Å². The van der Waals surface area contributed by atoms with E-state index < -0.39 is 0 Å². The summed E-state index contributed by atoms with van der Waals surface area (Å²) in [6.45, 7) is 3.79. The van der Waals surface area contributed by atoms with Gasteiger partial charge in [0.05, 0.1) is 10.3 Å². The largest absolute Gasteiger partial charge is 0.325 e. The Balaban J connectivity index is 1.90. The molecule has 0 aliphatic carbocycles. The molecule has 1 N–H and O–H groups in total. The van der Waals surface area contributed by atoms with Crippen molar-refractivity contribution in [2.45, 2.75) is 13.5 Å². The Kier molecular flexibility index (Phi) is 5.90. The van der Waals surface area contributed by atoms with E-state index in [0.29, 0.717) is 5.69 Å². The first kappa shape index (κ1) is 16.1. The van der Waals surface area contributed by atoms with Crippen molar-refractivity contribution >= 4 is 38.9 Å². The summed E-state index contributed by atoms with van der Waals surface area (Å²) >= 11 is 5.09. The molecule has 0 fully saturated rings. The molecule has 0 atom stereocenters. The average Bonchev–Trinajstić information content (AvgIpc) is 2.83. The van der Waals surface area contributed by atoms with Gasteiger partial charge in [0.25, 0.3) is 0 Å². The molecule has 1 heterocycles. The minimum absolute atomic E-state index is 0.141. The Hall–Kier alpha value is -1.24. The Morgan fingerprint density at radius 2 is 2.19 bits per heavy atom. The van der Waals surface area contributed by atoms with Crippen LogP contribution in [0.15, 0.2) is 40.2 Å². The van der Waals surface area contributed by atoms with Crippen LogP contribution in [-0.2, 0) is 11.3 Å². The average molecular weight is 371 g/mol. The van der Waals surface area contributed by atoms with Gasteiger partial charge in [-0.1, -0.05) is 13.0 Å². The van der Waals surface area contributed by atoms with E-state index in [2.05, 4.69) is 21.2 Å². The molecule has 0 bridgehead atoms. The maximum Gasteiger partial charge on any atom is 0.238 e. The summed E-state index contributed by atoms with van der Waals surface area (Å²) in [6, 6.07) is 9.95. The van der Waals surface area contributed by atoms with Gasteiger partial charge in [-0.25, -0.2) is 4.39 Å². The molecule has 0 saturated carbocycles. The third-order valence-corrected chi connectivity index (χ3v) is 4.54. The van der Waals surface area contributed by atoms with E-state index >= 15 is 0 Å². The number of hydrogen-bond acceptors (Lipinski definition) is 3. The predicted octanol–water partition coefficient (Wildman–Crippen LogP) is 4.11. The summed E-state index contributed by atoms with van der Waals surface area (Å²) in [4.78, 5) is 15.2. The van der Waals surface area contributed by atoms with Gasteiger partial charge >= 0.3 is 0 Å². The van der Waals surface area contributed by atoms with E-state index in [9.17, 15) is 9.18 Å². The lowest BCUT2D eigenvalue weighted by Gasteiger charge is -2.19. The minimum atomic E-state index is -0.358. The number of benzene rings is 1. The summed E-state index contributed by atoms with van der Waals surface area (Å²) in [5.74, 6) is -0.498. The second-order valence-corrected chi connectivity index (χ2v) is 7.12. The van der Waals surface area contributed by atoms with Crippen LogP contribution in [-0.4, -0.2) is 23.9 Å². The fourth-order valence-electron chi connectivity index (χ4n) is 1.91. The summed E-state index contributed by atoms with van der Waals surface area (Å²) in [6.07, 6.45) is 0. The molecule has 0 aliphatic heterocycles. The number of carbonyl (C=O) groups is 1. The highest BCUT2D eigenvalue weighted by Gasteiger charge is 2.11. The van der Waals surface area contributed by atoms with Gasteiger partial charge in [0.2, 0.25) is 5.91 Å². The van der Waals surface area contributed by atoms with Crippen molar-refractivity contribution in [1.82, 2.24) is 4.90 Å². The zero-order valence-corrected chi connectivity index (χ0v) is 14.0. The zero-order valence-electron chi connectivity index (χ0n) is 11.6. The molecule has 2 rings (SSSR count). The fourth-order valence-corrected chi connectivity index (χ4v) is 3.43. The van der Waals surface area contributed by atoms with Crippen LogP contribution in [0.2, 0.25) is 0 Å². The van der Waals surface area contributed by atoms with Gasteiger partial charge in [0.15, 0.2) is 0 Å². The van der Waals surface area contributed by atoms with Crippen LogP contribution in [0.5, 0.6) is 0 Å². The normalized spacial score (nSPS) is 10.9. The van der Waals surface area contributed by atoms with E-state index in [1.165, 1.54) is 17.0 Å². The van der Waals surface area contributed by atoms with Crippen molar-refractivity contribution in [3.8, 4) is 0 Å². The molecule has 112 valence electrons. The van der Waals surface area contributed by atoms with Crippen molar-refractivity contribution in [3.63, 3.8) is 0 Å². The minimum Gasteiger partial charge on any atom is -0.325 e. The first-order chi connectivity index (χ1) is 10.1. The van der Waals surface area contributed by atoms with Gasteiger partial charge in [0, 0.05) is 17.1 Å². The molecule has 0 aliphatic rings. The molecule has 2 aromatic rings. The maximum absolute atomic E-state index is 13.1. The molecule has 0 unspecified atom stereocenters. The highest BCUT2D eigenvalue weighted by Crippen LogP contribution is 2.23. The van der Waals surface area contributed by atoms with E-state index in [0.717, 1.165) is 16.9 Å². The fraction of sp³-hybridized carbons (Fsp3) is 0.267. The molecular weight excluding hydrogens is 355 g/mol. The third-order valence-electron chi connectivity index (χ3n) is 2.93. The lowest BCUT2D eigenvalue weighted by atomic mass is 10.3. The number of likely N-dealkylation sites (N-methyl/N-ethyl adjacent to an activating group) is 1. The molecule has 21 heavy (non-hydrogen) atoms. The molecule has 1 aromatic heterocycles. The lowest BCUT2D eigenvalue weighted by Crippen LogP contribution is -2.32. The number of halogens is 2. The van der Waals surface area contributed by atoms with Crippen LogP contribution in [0.25, 0.3) is 0 Å². The third kappa shape index (κ3) is 5.22. The Bertz CT molecular complexity index is 617. The van der Waals surface area contributed by atoms with Gasteiger partial charge in [0.1, 0.15) is 5.82 Å². The molecule has 0 radical (unpaired) electrons. The number of anilines is 1. The number of amides is 1. The highest BCUT2D eigenvalue weighted by molar-refractivity contribution is 9.11. The van der Waals surface area contributed by atoms with E-state index in [1.807, 2.05) is 24.0 Å². The van der Waals surface area contributed by atoms with Crippen molar-refractivity contribution in [3.05, 3.63) is 50.9 Å². The Morgan fingerprint density at radius 3 is 2.81 bits per heavy atom. The molecule has 1 amide bonds. The summed E-state index contributed by atoms with van der Waals surface area (Å²) in [7, 11) is 0. The van der Waals surface area contributed by atoms with E-state index in [1.54, 1.807) is 23.5 Å². The number of nitrogens with one attached hydrogen (secondary N) is 1. The summed E-state index contributed by atoms with van der Waals surface area (Å²) in [5.41, 5.74) is 0.481. The van der Waals surface area contributed by atoms with Gasteiger partial charge < -0.3 is 5.32 Å². The molecule has 0 spiro atoms. The number of nitrogens with zero attached hydrogens (tertiary/aromatic N) is 1. The van der Waals surface area contributed by atoms with Crippen molar-refractivity contribution in [2.24, 2.45) is 0 Å². The van der Waals surface area contributed by atoms with Gasteiger partial charge in [-0.3, -0.25) is 9.69 Å². The standard InChI is InChI=1S/C15H16BrFN2OS/c1-2-19(9-13-6-7-14(16)21-13)10-15(20)18-12-5-3-4-11(17)8-12/h3-8H,2,9-10H2,1H3,(H,18,20). The Labute approximate surface area is 135 Å². The Morgan fingerprint density at radius 1 is 1.38 bits per heavy atom. The number of rotatable bonds is 6. The zero-order chi connectivity index (χ0) is 15.2. The molecular formula is C15H16BrFN2OS. The van der Waals surface area contributed by atoms with Crippen LogP contribution >= 0.6 is 27.3 Å². The molecule has 1 aromatic carbocycles. The number of hydrogen-bond donors (Lipinski definition) is 1. The lowest BCUT2D eigenvalue weighted by molar-refractivity contribution is -0.117. The van der Waals surface area contributed by atoms with Gasteiger partial charge in [-0.15, -0.1) is 11.3 Å². The summed E-state index contributed by atoms with van der Waals surface area (Å²) in [5, 5.41) is 2.71. The second kappa shape index (κ2) is 7.68. The SMILES string of the molecule is CCN(CC(=O)Nc1cccc(F)c1)Cc1ccc(Br)s1. The number of thiophene rings is 1. The van der Waals surface area contributed by atoms with Crippen LogP contribution in [0.1, 0.15) is 11.8 Å². The number of carbonyl (C=O) groups excluding carboxylic acids is 1. The first-order valence-corrected chi connectivity index (χ1v) is 8.19. The maximum atomic E-state index is 13.1. The van der Waals surface area contributed by atoms with Crippen LogP contribution < -0.4 is 5.32 Å². The van der Waals surface area contributed by atoms with Crippen molar-refractivity contribution in [1.29, 1.82) is 0 Å². The quantitative estimate of drug-likeness (QED) is 0.829. The molecule has 3 nitrogen and oxygen atoms in total. The van der Waals surface area contributed by atoms with Crippen LogP contribution in [0.4, 0.5) is 10.1 Å². The molecule has 0 saturated heterocycles. The monoisotopic (exact) mass is 370 g/mol. The van der Waals surface area contributed by atoms with Crippen molar-refractivity contribution < 1.29 is 9.18 Å².